The molecule has 1 aliphatic rings. The van der Waals surface area contributed by atoms with E-state index in [1.165, 1.54) is 0 Å². The molecule has 0 amide bonds. The van der Waals surface area contributed by atoms with Crippen LogP contribution in [0.1, 0.15) is 25.3 Å². The van der Waals surface area contributed by atoms with E-state index in [2.05, 4.69) is 4.72 Å². The number of ether oxygens (including phenoxy) is 1. The maximum Gasteiger partial charge on any atom is 0.241 e. The van der Waals surface area contributed by atoms with Gasteiger partial charge in [-0.3, -0.25) is 0 Å². The maximum absolute atomic E-state index is 12.3. The summed E-state index contributed by atoms with van der Waals surface area (Å²) in [6, 6.07) is 6.98. The summed E-state index contributed by atoms with van der Waals surface area (Å²) in [6.07, 6.45) is 2.47. The van der Waals surface area contributed by atoms with Crippen LogP contribution in [-0.2, 0) is 21.2 Å². The lowest BCUT2D eigenvalue weighted by Crippen LogP contribution is -2.46. The van der Waals surface area contributed by atoms with Crippen molar-refractivity contribution in [2.75, 3.05) is 19.8 Å². The molecule has 0 spiro atoms. The Bertz CT molecular complexity index is 534. The van der Waals surface area contributed by atoms with Crippen LogP contribution in [0, 0.1) is 0 Å². The minimum Gasteiger partial charge on any atom is -0.379 e. The van der Waals surface area contributed by atoms with Crippen molar-refractivity contribution in [1.29, 1.82) is 0 Å². The number of sulfonamides is 1. The van der Waals surface area contributed by atoms with E-state index in [-0.39, 0.29) is 0 Å². The highest BCUT2D eigenvalue weighted by molar-refractivity contribution is 7.89. The smallest absolute Gasteiger partial charge is 0.241 e. The van der Waals surface area contributed by atoms with Crippen molar-refractivity contribution >= 4 is 10.0 Å². The van der Waals surface area contributed by atoms with Gasteiger partial charge in [0.1, 0.15) is 0 Å². The first-order valence-electron chi connectivity index (χ1n) is 6.86. The molecule has 0 aliphatic carbocycles. The van der Waals surface area contributed by atoms with Crippen molar-refractivity contribution in [2.45, 2.75) is 36.6 Å². The summed E-state index contributed by atoms with van der Waals surface area (Å²) in [5.41, 5.74) is 6.06. The molecule has 1 unspecified atom stereocenters. The molecule has 1 aromatic carbocycles. The molecule has 20 heavy (non-hydrogen) atoms. The third kappa shape index (κ3) is 3.79. The van der Waals surface area contributed by atoms with Crippen molar-refractivity contribution in [3.8, 4) is 0 Å². The first-order chi connectivity index (χ1) is 9.45. The Kier molecular flexibility index (Phi) is 4.80. The average molecular weight is 298 g/mol. The second kappa shape index (κ2) is 6.22. The summed E-state index contributed by atoms with van der Waals surface area (Å²) >= 11 is 0. The number of nitrogens with one attached hydrogen (secondary N) is 1. The van der Waals surface area contributed by atoms with Gasteiger partial charge >= 0.3 is 0 Å². The molecule has 1 heterocycles. The molecule has 1 atom stereocenters. The van der Waals surface area contributed by atoms with Crippen molar-refractivity contribution in [3.05, 3.63) is 29.8 Å². The fraction of sp³-hybridized carbons (Fsp3) is 0.571. The van der Waals surface area contributed by atoms with Crippen molar-refractivity contribution in [3.63, 3.8) is 0 Å². The minimum atomic E-state index is -3.49. The Morgan fingerprint density at radius 1 is 1.35 bits per heavy atom. The van der Waals surface area contributed by atoms with Gasteiger partial charge in [0.2, 0.25) is 10.0 Å². The molecular formula is C14H22N2O3S. The standard InChI is InChI=1S/C14H22N2O3S/c1-14(8-10-19-11-14)16-20(17,18)13-6-4-12(5-7-13)3-2-9-15/h4-7,16H,2-3,8-11,15H2,1H3. The highest BCUT2D eigenvalue weighted by Gasteiger charge is 2.34. The van der Waals surface area contributed by atoms with Gasteiger partial charge in [-0.05, 0) is 50.4 Å². The second-order valence-electron chi connectivity index (χ2n) is 5.50. The molecule has 2 rings (SSSR count). The molecule has 1 saturated heterocycles. The Morgan fingerprint density at radius 2 is 2.05 bits per heavy atom. The fourth-order valence-electron chi connectivity index (χ4n) is 2.27. The van der Waals surface area contributed by atoms with E-state index in [1.54, 1.807) is 12.1 Å². The van der Waals surface area contributed by atoms with E-state index >= 15 is 0 Å². The topological polar surface area (TPSA) is 81.4 Å². The van der Waals surface area contributed by atoms with Gasteiger partial charge in [0.15, 0.2) is 0 Å². The van der Waals surface area contributed by atoms with E-state index in [4.69, 9.17) is 10.5 Å². The van der Waals surface area contributed by atoms with E-state index in [1.807, 2.05) is 19.1 Å². The monoisotopic (exact) mass is 298 g/mol. The highest BCUT2D eigenvalue weighted by atomic mass is 32.2. The number of hydrogen-bond acceptors (Lipinski definition) is 4. The summed E-state index contributed by atoms with van der Waals surface area (Å²) in [4.78, 5) is 0.294. The van der Waals surface area contributed by atoms with Crippen molar-refractivity contribution in [2.24, 2.45) is 5.73 Å². The van der Waals surface area contributed by atoms with Crippen LogP contribution in [0.2, 0.25) is 0 Å². The van der Waals surface area contributed by atoms with Crippen LogP contribution in [-0.4, -0.2) is 33.7 Å². The second-order valence-corrected chi connectivity index (χ2v) is 7.19. The van der Waals surface area contributed by atoms with Crippen LogP contribution in [0.4, 0.5) is 0 Å². The van der Waals surface area contributed by atoms with Crippen LogP contribution in [0.15, 0.2) is 29.2 Å². The lowest BCUT2D eigenvalue weighted by Gasteiger charge is -2.23. The molecular weight excluding hydrogens is 276 g/mol. The van der Waals surface area contributed by atoms with Gasteiger partial charge in [-0.15, -0.1) is 0 Å². The van der Waals surface area contributed by atoms with E-state index in [0.29, 0.717) is 31.1 Å². The zero-order valence-electron chi connectivity index (χ0n) is 11.8. The summed E-state index contributed by atoms with van der Waals surface area (Å²) in [6.45, 7) is 3.52. The molecule has 6 heteroatoms. The predicted octanol–water partition coefficient (Wildman–Crippen LogP) is 1.04. The predicted molar refractivity (Wildman–Crippen MR) is 78.0 cm³/mol. The Hall–Kier alpha value is -0.950. The maximum atomic E-state index is 12.3. The van der Waals surface area contributed by atoms with Gasteiger partial charge in [-0.2, -0.15) is 0 Å². The van der Waals surface area contributed by atoms with Gasteiger partial charge in [-0.1, -0.05) is 12.1 Å². The highest BCUT2D eigenvalue weighted by Crippen LogP contribution is 2.21. The largest absolute Gasteiger partial charge is 0.379 e. The summed E-state index contributed by atoms with van der Waals surface area (Å²) < 4.78 is 32.7. The average Bonchev–Trinajstić information content (AvgIpc) is 2.82. The van der Waals surface area contributed by atoms with E-state index < -0.39 is 15.6 Å². The molecule has 1 aromatic rings. The molecule has 3 N–H and O–H groups in total. The number of nitrogens with two attached hydrogens (primary N) is 1. The van der Waals surface area contributed by atoms with Gasteiger partial charge in [-0.25, -0.2) is 13.1 Å². The van der Waals surface area contributed by atoms with Crippen molar-refractivity contribution in [1.82, 2.24) is 4.72 Å². The van der Waals surface area contributed by atoms with Gasteiger partial charge in [0.25, 0.3) is 0 Å². The Labute approximate surface area is 120 Å². The minimum absolute atomic E-state index is 0.294. The lowest BCUT2D eigenvalue weighted by molar-refractivity contribution is 0.178. The van der Waals surface area contributed by atoms with Crippen LogP contribution in [0.25, 0.3) is 0 Å². The van der Waals surface area contributed by atoms with Crippen LogP contribution >= 0.6 is 0 Å². The summed E-state index contributed by atoms with van der Waals surface area (Å²) in [5, 5.41) is 0. The fourth-order valence-corrected chi connectivity index (χ4v) is 3.69. The number of aryl methyl sites for hydroxylation is 1. The van der Waals surface area contributed by atoms with E-state index in [0.717, 1.165) is 18.4 Å². The molecule has 0 radical (unpaired) electrons. The first-order valence-corrected chi connectivity index (χ1v) is 8.34. The normalized spacial score (nSPS) is 23.1. The quantitative estimate of drug-likeness (QED) is 0.822. The van der Waals surface area contributed by atoms with Crippen LogP contribution in [0.3, 0.4) is 0 Å². The summed E-state index contributed by atoms with van der Waals surface area (Å²) in [5.74, 6) is 0. The lowest BCUT2D eigenvalue weighted by atomic mass is 10.0. The third-order valence-corrected chi connectivity index (χ3v) is 5.16. The molecule has 5 nitrogen and oxygen atoms in total. The number of benzene rings is 1. The molecule has 112 valence electrons. The van der Waals surface area contributed by atoms with Crippen molar-refractivity contribution < 1.29 is 13.2 Å². The zero-order chi connectivity index (χ0) is 14.6. The van der Waals surface area contributed by atoms with Gasteiger partial charge in [0.05, 0.1) is 17.0 Å². The Morgan fingerprint density at radius 3 is 2.60 bits per heavy atom. The van der Waals surface area contributed by atoms with Crippen LogP contribution < -0.4 is 10.5 Å². The molecule has 1 aliphatic heterocycles. The number of hydrogen-bond donors (Lipinski definition) is 2. The molecule has 0 saturated carbocycles. The SMILES string of the molecule is CC1(NS(=O)(=O)c2ccc(CCCN)cc2)CCOC1. The molecule has 0 bridgehead atoms. The number of rotatable bonds is 6. The summed E-state index contributed by atoms with van der Waals surface area (Å²) in [7, 11) is -3.49. The van der Waals surface area contributed by atoms with Gasteiger partial charge in [0, 0.05) is 6.61 Å². The third-order valence-electron chi connectivity index (χ3n) is 3.50. The molecule has 1 fully saturated rings. The van der Waals surface area contributed by atoms with E-state index in [9.17, 15) is 8.42 Å². The molecule has 0 aromatic heterocycles. The van der Waals surface area contributed by atoms with Gasteiger partial charge < -0.3 is 10.5 Å². The van der Waals surface area contributed by atoms with Crippen LogP contribution in [0.5, 0.6) is 0 Å². The first kappa shape index (κ1) is 15.4. The Balaban J connectivity index is 2.09. The zero-order valence-corrected chi connectivity index (χ0v) is 12.6.